The van der Waals surface area contributed by atoms with Crippen LogP contribution in [0.3, 0.4) is 0 Å². The first-order chi connectivity index (χ1) is 9.39. The number of fused-ring (bicyclic) bond motifs is 1. The highest BCUT2D eigenvalue weighted by Crippen LogP contribution is 2.39. The number of oxime groups is 1. The molecule has 0 spiro atoms. The molecule has 0 aliphatic carbocycles. The van der Waals surface area contributed by atoms with Crippen LogP contribution in [0.2, 0.25) is 0 Å². The first-order valence-electron chi connectivity index (χ1n) is 5.92. The van der Waals surface area contributed by atoms with Crippen LogP contribution >= 0.6 is 0 Å². The van der Waals surface area contributed by atoms with Crippen LogP contribution < -0.4 is 0 Å². The first-order valence-corrected chi connectivity index (χ1v) is 5.92. The van der Waals surface area contributed by atoms with E-state index in [1.165, 1.54) is 0 Å². The molecule has 0 bridgehead atoms. The van der Waals surface area contributed by atoms with E-state index in [4.69, 9.17) is 0 Å². The van der Waals surface area contributed by atoms with E-state index in [1.807, 2.05) is 24.3 Å². The molecule has 6 heteroatoms. The van der Waals surface area contributed by atoms with Crippen molar-refractivity contribution in [2.45, 2.75) is 18.4 Å². The topological polar surface area (TPSA) is 41.8 Å². The summed E-state index contributed by atoms with van der Waals surface area (Å²) in [4.78, 5) is 4.20. The summed E-state index contributed by atoms with van der Waals surface area (Å²) in [7, 11) is 0. The summed E-state index contributed by atoms with van der Waals surface area (Å²) >= 11 is 0. The highest BCUT2D eigenvalue weighted by Gasteiger charge is 2.60. The lowest BCUT2D eigenvalue weighted by molar-refractivity contribution is -0.355. The van der Waals surface area contributed by atoms with E-state index in [-0.39, 0.29) is 5.71 Å². The van der Waals surface area contributed by atoms with E-state index in [1.54, 1.807) is 18.2 Å². The SMILES string of the molecule is O[C@]1(C(F)(F)F)CC(c2ccc3ccccc3c2)=NO1. The molecule has 2 aromatic carbocycles. The summed E-state index contributed by atoms with van der Waals surface area (Å²) in [6.07, 6.45) is -5.59. The standard InChI is InChI=1S/C14H10F3NO2/c15-14(16,17)13(19)8-12(18-20-13)11-6-5-9-3-1-2-4-10(9)7-11/h1-7,19H,8H2/t13-/m1/s1. The highest BCUT2D eigenvalue weighted by atomic mass is 19.4. The van der Waals surface area contributed by atoms with Gasteiger partial charge >= 0.3 is 12.0 Å². The molecule has 1 aliphatic heterocycles. The molecule has 3 rings (SSSR count). The second-order valence-electron chi connectivity index (χ2n) is 4.65. The number of nitrogens with zero attached hydrogens (tertiary/aromatic N) is 1. The second-order valence-corrected chi connectivity index (χ2v) is 4.65. The third-order valence-corrected chi connectivity index (χ3v) is 3.24. The molecular formula is C14H10F3NO2. The van der Waals surface area contributed by atoms with Crippen molar-refractivity contribution >= 4 is 16.5 Å². The molecule has 0 unspecified atom stereocenters. The number of alkyl halides is 3. The summed E-state index contributed by atoms with van der Waals surface area (Å²) in [5.41, 5.74) is 0.583. The number of hydrogen-bond acceptors (Lipinski definition) is 3. The van der Waals surface area contributed by atoms with Crippen LogP contribution in [0.25, 0.3) is 10.8 Å². The Hall–Kier alpha value is -2.08. The molecule has 0 radical (unpaired) electrons. The van der Waals surface area contributed by atoms with Gasteiger partial charge in [0.1, 0.15) is 0 Å². The quantitative estimate of drug-likeness (QED) is 0.872. The summed E-state index contributed by atoms with van der Waals surface area (Å²) in [6, 6.07) is 12.6. The maximum absolute atomic E-state index is 12.6. The van der Waals surface area contributed by atoms with Gasteiger partial charge in [0.05, 0.1) is 12.1 Å². The maximum Gasteiger partial charge on any atom is 0.458 e. The van der Waals surface area contributed by atoms with E-state index >= 15 is 0 Å². The Balaban J connectivity index is 1.94. The molecule has 2 aromatic rings. The van der Waals surface area contributed by atoms with E-state index < -0.39 is 18.4 Å². The average molecular weight is 281 g/mol. The summed E-state index contributed by atoms with van der Waals surface area (Å²) < 4.78 is 37.9. The summed E-state index contributed by atoms with van der Waals surface area (Å²) in [5, 5.41) is 14.6. The van der Waals surface area contributed by atoms with Gasteiger partial charge in [-0.05, 0) is 16.8 Å². The van der Waals surface area contributed by atoms with Crippen LogP contribution in [0.1, 0.15) is 12.0 Å². The summed E-state index contributed by atoms with van der Waals surface area (Å²) in [5.74, 6) is -3.23. The third-order valence-electron chi connectivity index (χ3n) is 3.24. The Bertz CT molecular complexity index is 696. The molecule has 20 heavy (non-hydrogen) atoms. The minimum Gasteiger partial charge on any atom is -0.350 e. The van der Waals surface area contributed by atoms with Crippen LogP contribution in [-0.2, 0) is 4.84 Å². The fourth-order valence-corrected chi connectivity index (χ4v) is 2.10. The summed E-state index contributed by atoms with van der Waals surface area (Å²) in [6.45, 7) is 0. The van der Waals surface area contributed by atoms with Crippen molar-refractivity contribution in [2.75, 3.05) is 0 Å². The second kappa shape index (κ2) is 4.21. The van der Waals surface area contributed by atoms with E-state index in [2.05, 4.69) is 9.99 Å². The predicted octanol–water partition coefficient (Wildman–Crippen LogP) is 3.22. The van der Waals surface area contributed by atoms with Crippen molar-refractivity contribution in [3.05, 3.63) is 48.0 Å². The largest absolute Gasteiger partial charge is 0.458 e. The van der Waals surface area contributed by atoms with Gasteiger partial charge in [-0.15, -0.1) is 0 Å². The lowest BCUT2D eigenvalue weighted by Gasteiger charge is -2.22. The fraction of sp³-hybridized carbons (Fsp3) is 0.214. The zero-order chi connectivity index (χ0) is 14.4. The molecule has 1 N–H and O–H groups in total. The minimum absolute atomic E-state index is 0.0792. The van der Waals surface area contributed by atoms with Gasteiger partial charge in [0, 0.05) is 5.56 Å². The number of aliphatic hydroxyl groups is 1. The first kappa shape index (κ1) is 12.9. The van der Waals surface area contributed by atoms with Gasteiger partial charge in [-0.2, -0.15) is 13.2 Å². The Kier molecular flexibility index (Phi) is 2.72. The lowest BCUT2D eigenvalue weighted by Crippen LogP contribution is -2.45. The van der Waals surface area contributed by atoms with Crippen molar-refractivity contribution in [3.63, 3.8) is 0 Å². The molecule has 3 nitrogen and oxygen atoms in total. The smallest absolute Gasteiger partial charge is 0.350 e. The van der Waals surface area contributed by atoms with Crippen molar-refractivity contribution in [1.82, 2.24) is 0 Å². The zero-order valence-corrected chi connectivity index (χ0v) is 10.2. The van der Waals surface area contributed by atoms with Crippen molar-refractivity contribution < 1.29 is 23.1 Å². The van der Waals surface area contributed by atoms with E-state index in [0.29, 0.717) is 5.56 Å². The molecule has 104 valence electrons. The van der Waals surface area contributed by atoms with Gasteiger partial charge in [0.25, 0.3) is 0 Å². The molecule has 1 atom stereocenters. The maximum atomic E-state index is 12.6. The minimum atomic E-state index is -4.88. The van der Waals surface area contributed by atoms with Gasteiger partial charge in [0.2, 0.25) is 0 Å². The number of benzene rings is 2. The van der Waals surface area contributed by atoms with E-state index in [9.17, 15) is 18.3 Å². The van der Waals surface area contributed by atoms with Crippen molar-refractivity contribution in [2.24, 2.45) is 5.16 Å². The Morgan fingerprint density at radius 3 is 2.45 bits per heavy atom. The van der Waals surface area contributed by atoms with Gasteiger partial charge in [-0.25, -0.2) is 0 Å². The Morgan fingerprint density at radius 2 is 1.80 bits per heavy atom. The van der Waals surface area contributed by atoms with Crippen LogP contribution in [0, 0.1) is 0 Å². The van der Waals surface area contributed by atoms with Gasteiger partial charge < -0.3 is 9.94 Å². The highest BCUT2D eigenvalue weighted by molar-refractivity contribution is 6.04. The normalized spacial score (nSPS) is 22.7. The molecule has 1 heterocycles. The number of rotatable bonds is 1. The van der Waals surface area contributed by atoms with Crippen LogP contribution in [0.15, 0.2) is 47.6 Å². The van der Waals surface area contributed by atoms with E-state index in [0.717, 1.165) is 10.8 Å². The van der Waals surface area contributed by atoms with Crippen molar-refractivity contribution in [1.29, 1.82) is 0 Å². The Labute approximate surface area is 112 Å². The van der Waals surface area contributed by atoms with Gasteiger partial charge in [-0.1, -0.05) is 41.6 Å². The van der Waals surface area contributed by atoms with Crippen LogP contribution in [-0.4, -0.2) is 22.8 Å². The van der Waals surface area contributed by atoms with Gasteiger partial charge in [-0.3, -0.25) is 0 Å². The van der Waals surface area contributed by atoms with Gasteiger partial charge in [0.15, 0.2) is 0 Å². The molecule has 0 amide bonds. The molecule has 0 aromatic heterocycles. The van der Waals surface area contributed by atoms with Crippen LogP contribution in [0.4, 0.5) is 13.2 Å². The fourth-order valence-electron chi connectivity index (χ4n) is 2.10. The molecule has 0 saturated heterocycles. The monoisotopic (exact) mass is 281 g/mol. The lowest BCUT2D eigenvalue weighted by atomic mass is 9.99. The van der Waals surface area contributed by atoms with Crippen LogP contribution in [0.5, 0.6) is 0 Å². The number of hydrogen-bond donors (Lipinski definition) is 1. The van der Waals surface area contributed by atoms with Crippen molar-refractivity contribution in [3.8, 4) is 0 Å². The third kappa shape index (κ3) is 2.02. The zero-order valence-electron chi connectivity index (χ0n) is 10.2. The predicted molar refractivity (Wildman–Crippen MR) is 67.2 cm³/mol. The Morgan fingerprint density at radius 1 is 1.10 bits per heavy atom. The number of halogens is 3. The molecule has 0 fully saturated rings. The molecule has 0 saturated carbocycles. The molecule has 1 aliphatic rings. The average Bonchev–Trinajstić information content (AvgIpc) is 2.82. The molecular weight excluding hydrogens is 271 g/mol.